The molecule has 1 rings (SSSR count). The molecule has 0 aromatic carbocycles. The van der Waals surface area contributed by atoms with E-state index in [2.05, 4.69) is 24.6 Å². The van der Waals surface area contributed by atoms with Crippen LogP contribution in [0.15, 0.2) is 0 Å². The summed E-state index contributed by atoms with van der Waals surface area (Å²) in [5.41, 5.74) is 0. The van der Waals surface area contributed by atoms with Gasteiger partial charge in [0.25, 0.3) is 0 Å². The molecule has 0 aromatic rings. The van der Waals surface area contributed by atoms with E-state index in [1.54, 1.807) is 0 Å². The van der Waals surface area contributed by atoms with Crippen LogP contribution in [-0.2, 0) is 0 Å². The van der Waals surface area contributed by atoms with E-state index in [9.17, 15) is 0 Å². The predicted octanol–water partition coefficient (Wildman–Crippen LogP) is 2.01. The predicted molar refractivity (Wildman–Crippen MR) is 62.5 cm³/mol. The van der Waals surface area contributed by atoms with Crippen molar-refractivity contribution >= 4 is 0 Å². The highest BCUT2D eigenvalue weighted by atomic mass is 15.0. The summed E-state index contributed by atoms with van der Waals surface area (Å²) in [5, 5.41) is 6.74. The minimum absolute atomic E-state index is 0.675. The zero-order valence-corrected chi connectivity index (χ0v) is 9.97. The standard InChI is InChI=1S/C12H26N2/c1-4-10-6-5-7-11(8-10)12(14-3)9-13-2/h10-14H,4-9H2,1-3H3/t10-,11-,12?/m0/s1. The second kappa shape index (κ2) is 6.41. The van der Waals surface area contributed by atoms with Crippen LogP contribution in [0.1, 0.15) is 39.0 Å². The number of nitrogens with one attached hydrogen (secondary N) is 2. The molecule has 0 radical (unpaired) electrons. The van der Waals surface area contributed by atoms with Gasteiger partial charge in [-0.05, 0) is 38.8 Å². The molecule has 0 aliphatic heterocycles. The molecule has 2 heteroatoms. The second-order valence-corrected chi connectivity index (χ2v) is 4.65. The van der Waals surface area contributed by atoms with Crippen LogP contribution in [-0.4, -0.2) is 26.7 Å². The van der Waals surface area contributed by atoms with Crippen molar-refractivity contribution in [1.29, 1.82) is 0 Å². The van der Waals surface area contributed by atoms with Crippen molar-refractivity contribution in [3.8, 4) is 0 Å². The summed E-state index contributed by atoms with van der Waals surface area (Å²) in [6, 6.07) is 0.675. The highest BCUT2D eigenvalue weighted by molar-refractivity contribution is 4.82. The maximum atomic E-state index is 3.45. The van der Waals surface area contributed by atoms with Crippen molar-refractivity contribution in [2.24, 2.45) is 11.8 Å². The largest absolute Gasteiger partial charge is 0.318 e. The van der Waals surface area contributed by atoms with E-state index in [0.29, 0.717) is 6.04 Å². The molecular formula is C12H26N2. The molecule has 0 saturated heterocycles. The van der Waals surface area contributed by atoms with E-state index in [4.69, 9.17) is 0 Å². The van der Waals surface area contributed by atoms with E-state index in [1.807, 2.05) is 7.05 Å². The lowest BCUT2D eigenvalue weighted by molar-refractivity contribution is 0.212. The van der Waals surface area contributed by atoms with Crippen LogP contribution in [0.2, 0.25) is 0 Å². The molecule has 2 N–H and O–H groups in total. The van der Waals surface area contributed by atoms with E-state index < -0.39 is 0 Å². The lowest BCUT2D eigenvalue weighted by Crippen LogP contribution is -2.43. The Morgan fingerprint density at radius 2 is 2.07 bits per heavy atom. The van der Waals surface area contributed by atoms with Crippen molar-refractivity contribution in [1.82, 2.24) is 10.6 Å². The van der Waals surface area contributed by atoms with Gasteiger partial charge in [0.05, 0.1) is 0 Å². The fourth-order valence-corrected chi connectivity index (χ4v) is 2.79. The zero-order valence-electron chi connectivity index (χ0n) is 9.97. The van der Waals surface area contributed by atoms with Crippen LogP contribution in [0.25, 0.3) is 0 Å². The number of hydrogen-bond donors (Lipinski definition) is 2. The molecule has 3 atom stereocenters. The summed E-state index contributed by atoms with van der Waals surface area (Å²) in [4.78, 5) is 0. The Balaban J connectivity index is 2.40. The van der Waals surface area contributed by atoms with E-state index >= 15 is 0 Å². The fraction of sp³-hybridized carbons (Fsp3) is 1.00. The molecule has 14 heavy (non-hydrogen) atoms. The zero-order chi connectivity index (χ0) is 10.4. The van der Waals surface area contributed by atoms with Gasteiger partial charge in [0.2, 0.25) is 0 Å². The Morgan fingerprint density at radius 3 is 2.64 bits per heavy atom. The Hall–Kier alpha value is -0.0800. The average molecular weight is 198 g/mol. The molecule has 1 fully saturated rings. The van der Waals surface area contributed by atoms with Crippen LogP contribution in [0, 0.1) is 11.8 Å². The SMILES string of the molecule is CC[C@H]1CCC[C@H](C(CNC)NC)C1. The van der Waals surface area contributed by atoms with Gasteiger partial charge in [-0.25, -0.2) is 0 Å². The first-order valence-electron chi connectivity index (χ1n) is 6.13. The van der Waals surface area contributed by atoms with E-state index in [0.717, 1.165) is 18.4 Å². The van der Waals surface area contributed by atoms with Crippen LogP contribution < -0.4 is 10.6 Å². The number of rotatable bonds is 5. The summed E-state index contributed by atoms with van der Waals surface area (Å²) < 4.78 is 0. The molecule has 0 bridgehead atoms. The minimum Gasteiger partial charge on any atom is -0.318 e. The van der Waals surface area contributed by atoms with E-state index in [1.165, 1.54) is 32.1 Å². The van der Waals surface area contributed by atoms with Gasteiger partial charge in [0, 0.05) is 12.6 Å². The van der Waals surface area contributed by atoms with Crippen molar-refractivity contribution in [3.05, 3.63) is 0 Å². The third kappa shape index (κ3) is 3.25. The quantitative estimate of drug-likeness (QED) is 0.706. The first kappa shape index (κ1) is 12.0. The first-order chi connectivity index (χ1) is 6.81. The molecule has 0 spiro atoms. The fourth-order valence-electron chi connectivity index (χ4n) is 2.79. The minimum atomic E-state index is 0.675. The second-order valence-electron chi connectivity index (χ2n) is 4.65. The highest BCUT2D eigenvalue weighted by Crippen LogP contribution is 2.32. The maximum absolute atomic E-state index is 3.45. The molecule has 2 nitrogen and oxygen atoms in total. The molecular weight excluding hydrogens is 172 g/mol. The first-order valence-corrected chi connectivity index (χ1v) is 6.13. The summed E-state index contributed by atoms with van der Waals surface area (Å²) in [7, 11) is 4.14. The van der Waals surface area contributed by atoms with Crippen molar-refractivity contribution < 1.29 is 0 Å². The van der Waals surface area contributed by atoms with Crippen molar-refractivity contribution in [2.45, 2.75) is 45.1 Å². The Bertz CT molecular complexity index is 147. The van der Waals surface area contributed by atoms with Gasteiger partial charge in [-0.15, -0.1) is 0 Å². The van der Waals surface area contributed by atoms with E-state index in [-0.39, 0.29) is 0 Å². The molecule has 0 amide bonds. The number of hydrogen-bond acceptors (Lipinski definition) is 2. The van der Waals surface area contributed by atoms with Crippen LogP contribution in [0.5, 0.6) is 0 Å². The molecule has 1 aliphatic rings. The number of likely N-dealkylation sites (N-methyl/N-ethyl adjacent to an activating group) is 2. The molecule has 0 heterocycles. The smallest absolute Gasteiger partial charge is 0.0217 e. The Morgan fingerprint density at radius 1 is 1.29 bits per heavy atom. The monoisotopic (exact) mass is 198 g/mol. The third-order valence-corrected chi connectivity index (χ3v) is 3.76. The maximum Gasteiger partial charge on any atom is 0.0217 e. The molecule has 84 valence electrons. The summed E-state index contributed by atoms with van der Waals surface area (Å²) in [6.07, 6.45) is 7.12. The summed E-state index contributed by atoms with van der Waals surface area (Å²) in [5.74, 6) is 1.88. The normalized spacial score (nSPS) is 30.2. The van der Waals surface area contributed by atoms with Crippen LogP contribution >= 0.6 is 0 Å². The van der Waals surface area contributed by atoms with Crippen molar-refractivity contribution in [2.75, 3.05) is 20.6 Å². The molecule has 1 aliphatic carbocycles. The van der Waals surface area contributed by atoms with Gasteiger partial charge >= 0.3 is 0 Å². The van der Waals surface area contributed by atoms with Gasteiger partial charge in [-0.3, -0.25) is 0 Å². The molecule has 0 aromatic heterocycles. The van der Waals surface area contributed by atoms with Crippen molar-refractivity contribution in [3.63, 3.8) is 0 Å². The summed E-state index contributed by atoms with van der Waals surface area (Å²) >= 11 is 0. The third-order valence-electron chi connectivity index (χ3n) is 3.76. The Labute approximate surface area is 88.8 Å². The van der Waals surface area contributed by atoms with Gasteiger partial charge in [-0.1, -0.05) is 26.2 Å². The molecule has 1 unspecified atom stereocenters. The lowest BCUT2D eigenvalue weighted by atomic mass is 9.77. The Kier molecular flexibility index (Phi) is 5.49. The lowest BCUT2D eigenvalue weighted by Gasteiger charge is -2.34. The topological polar surface area (TPSA) is 24.1 Å². The van der Waals surface area contributed by atoms with Gasteiger partial charge in [-0.2, -0.15) is 0 Å². The van der Waals surface area contributed by atoms with Gasteiger partial charge in [0.1, 0.15) is 0 Å². The van der Waals surface area contributed by atoms with Crippen LogP contribution in [0.3, 0.4) is 0 Å². The summed E-state index contributed by atoms with van der Waals surface area (Å²) in [6.45, 7) is 3.44. The van der Waals surface area contributed by atoms with Crippen LogP contribution in [0.4, 0.5) is 0 Å². The highest BCUT2D eigenvalue weighted by Gasteiger charge is 2.26. The van der Waals surface area contributed by atoms with Gasteiger partial charge < -0.3 is 10.6 Å². The average Bonchev–Trinajstić information content (AvgIpc) is 2.26. The molecule has 1 saturated carbocycles. The van der Waals surface area contributed by atoms with Gasteiger partial charge in [0.15, 0.2) is 0 Å².